The fourth-order valence-corrected chi connectivity index (χ4v) is 8.34. The van der Waals surface area contributed by atoms with E-state index in [4.69, 9.17) is 9.47 Å². The molecule has 2 aromatic heterocycles. The molecule has 0 radical (unpaired) electrons. The molecule has 0 aliphatic carbocycles. The van der Waals surface area contributed by atoms with Gasteiger partial charge in [-0.2, -0.15) is 31.6 Å². The Morgan fingerprint density at radius 2 is 1.72 bits per heavy atom. The van der Waals surface area contributed by atoms with Gasteiger partial charge in [0, 0.05) is 49.3 Å². The average molecular weight is 823 g/mol. The van der Waals surface area contributed by atoms with Gasteiger partial charge in [0.2, 0.25) is 5.60 Å². The molecule has 0 saturated carbocycles. The molecule has 2 atom stereocenters. The Labute approximate surface area is 330 Å². The monoisotopic (exact) mass is 822 g/mol. The normalized spacial score (nSPS) is 20.1. The van der Waals surface area contributed by atoms with Crippen LogP contribution in [-0.4, -0.2) is 75.6 Å². The molecule has 2 saturated heterocycles. The van der Waals surface area contributed by atoms with E-state index in [1.165, 1.54) is 4.90 Å². The summed E-state index contributed by atoms with van der Waals surface area (Å²) in [7, 11) is 0. The van der Waals surface area contributed by atoms with Crippen LogP contribution in [0.15, 0.2) is 54.0 Å². The number of nitrogens with zero attached hydrogens (tertiary/aromatic N) is 4. The number of pyridine rings is 1. The number of carboxylic acid groups (broad SMARTS) is 1. The minimum atomic E-state index is -4.93. The quantitative estimate of drug-likeness (QED) is 0.134. The smallest absolute Gasteiger partial charge is 0.425 e. The van der Waals surface area contributed by atoms with Gasteiger partial charge in [-0.1, -0.05) is 31.5 Å². The SMILES string of the molecule is CCC[C@H]1N(C(=O)c2ncccc2C(F)(F)F)CCC[C@@]1(Oc1csc(C(F)(F)F)c1)C(=O)N1CCC(C#N)(c2ccccc2OCCCC(C)(C)C(=O)O)CC1. The molecular formula is C40H44F6N4O6S. The summed E-state index contributed by atoms with van der Waals surface area (Å²) in [5, 5.41) is 21.2. The molecule has 308 valence electrons. The lowest BCUT2D eigenvalue weighted by Crippen LogP contribution is -2.68. The summed E-state index contributed by atoms with van der Waals surface area (Å²) in [6.45, 7) is 5.12. The Hall–Kier alpha value is -4.85. The molecule has 0 bridgehead atoms. The number of thiophene rings is 1. The largest absolute Gasteiger partial charge is 0.493 e. The summed E-state index contributed by atoms with van der Waals surface area (Å²) in [6.07, 6.45) is -7.13. The molecule has 2 amide bonds. The van der Waals surface area contributed by atoms with E-state index in [2.05, 4.69) is 11.1 Å². The number of nitriles is 1. The first-order valence-electron chi connectivity index (χ1n) is 18.6. The molecular weight excluding hydrogens is 779 g/mol. The van der Waals surface area contributed by atoms with E-state index in [9.17, 15) is 46.3 Å². The van der Waals surface area contributed by atoms with Gasteiger partial charge < -0.3 is 24.4 Å². The highest BCUT2D eigenvalue weighted by Gasteiger charge is 2.57. The molecule has 4 heterocycles. The third-order valence-corrected chi connectivity index (χ3v) is 11.8. The molecule has 0 unspecified atom stereocenters. The Balaban J connectivity index is 1.47. The predicted octanol–water partition coefficient (Wildman–Crippen LogP) is 8.76. The number of likely N-dealkylation sites (tertiary alicyclic amines) is 2. The lowest BCUT2D eigenvalue weighted by atomic mass is 9.72. The minimum Gasteiger partial charge on any atom is -0.493 e. The van der Waals surface area contributed by atoms with Crippen LogP contribution in [0.25, 0.3) is 0 Å². The topological polar surface area (TPSA) is 133 Å². The van der Waals surface area contributed by atoms with E-state index < -0.39 is 68.7 Å². The molecule has 0 spiro atoms. The Kier molecular flexibility index (Phi) is 12.9. The Bertz CT molecular complexity index is 1970. The molecule has 57 heavy (non-hydrogen) atoms. The van der Waals surface area contributed by atoms with Gasteiger partial charge in [-0.15, -0.1) is 11.3 Å². The van der Waals surface area contributed by atoms with Gasteiger partial charge in [0.1, 0.15) is 22.1 Å². The highest BCUT2D eigenvalue weighted by Crippen LogP contribution is 2.45. The molecule has 17 heteroatoms. The highest BCUT2D eigenvalue weighted by atomic mass is 32.1. The molecule has 2 fully saturated rings. The lowest BCUT2D eigenvalue weighted by Gasteiger charge is -2.51. The predicted molar refractivity (Wildman–Crippen MR) is 197 cm³/mol. The molecule has 1 aromatic carbocycles. The van der Waals surface area contributed by atoms with Crippen molar-refractivity contribution in [2.75, 3.05) is 26.2 Å². The van der Waals surface area contributed by atoms with Gasteiger partial charge in [0.05, 0.1) is 35.1 Å². The second-order valence-corrected chi connectivity index (χ2v) is 16.0. The average Bonchev–Trinajstić information content (AvgIpc) is 3.66. The van der Waals surface area contributed by atoms with Crippen molar-refractivity contribution < 1.29 is 55.3 Å². The maximum absolute atomic E-state index is 15.0. The van der Waals surface area contributed by atoms with Crippen LogP contribution < -0.4 is 9.47 Å². The summed E-state index contributed by atoms with van der Waals surface area (Å²) in [4.78, 5) is 46.0. The van der Waals surface area contributed by atoms with E-state index in [0.29, 0.717) is 41.9 Å². The van der Waals surface area contributed by atoms with Crippen LogP contribution in [-0.2, 0) is 27.4 Å². The van der Waals surface area contributed by atoms with Crippen molar-refractivity contribution in [3.05, 3.63) is 75.7 Å². The van der Waals surface area contributed by atoms with Crippen LogP contribution in [0, 0.1) is 16.7 Å². The van der Waals surface area contributed by atoms with Crippen LogP contribution in [0.2, 0.25) is 0 Å². The van der Waals surface area contributed by atoms with Gasteiger partial charge in [-0.3, -0.25) is 19.4 Å². The highest BCUT2D eigenvalue weighted by molar-refractivity contribution is 7.10. The summed E-state index contributed by atoms with van der Waals surface area (Å²) in [5.41, 5.74) is -5.63. The summed E-state index contributed by atoms with van der Waals surface area (Å²) in [6, 6.07) is 10.7. The number of alkyl halides is 6. The maximum Gasteiger partial charge on any atom is 0.425 e. The number of para-hydroxylation sites is 1. The second kappa shape index (κ2) is 16.9. The number of benzene rings is 1. The number of hydrogen-bond acceptors (Lipinski definition) is 8. The Morgan fingerprint density at radius 3 is 2.33 bits per heavy atom. The number of aromatic nitrogens is 1. The van der Waals surface area contributed by atoms with Crippen LogP contribution >= 0.6 is 11.3 Å². The van der Waals surface area contributed by atoms with E-state index >= 15 is 4.79 Å². The van der Waals surface area contributed by atoms with Crippen molar-refractivity contribution in [1.82, 2.24) is 14.8 Å². The molecule has 2 aliphatic rings. The van der Waals surface area contributed by atoms with Crippen LogP contribution in [0.5, 0.6) is 11.5 Å². The van der Waals surface area contributed by atoms with Gasteiger partial charge >= 0.3 is 18.3 Å². The van der Waals surface area contributed by atoms with E-state index in [1.807, 2.05) is 0 Å². The summed E-state index contributed by atoms with van der Waals surface area (Å²) < 4.78 is 95.8. The number of aliphatic carboxylic acids is 1. The fraction of sp³-hybridized carbons (Fsp3) is 0.525. The van der Waals surface area contributed by atoms with Crippen molar-refractivity contribution in [3.63, 3.8) is 0 Å². The van der Waals surface area contributed by atoms with Crippen LogP contribution in [0.4, 0.5) is 26.3 Å². The van der Waals surface area contributed by atoms with Gasteiger partial charge in [0.15, 0.2) is 0 Å². The van der Waals surface area contributed by atoms with Crippen molar-refractivity contribution >= 4 is 29.1 Å². The first kappa shape index (κ1) is 43.3. The van der Waals surface area contributed by atoms with E-state index in [0.717, 1.165) is 34.7 Å². The third-order valence-electron chi connectivity index (χ3n) is 10.8. The van der Waals surface area contributed by atoms with Crippen molar-refractivity contribution in [2.24, 2.45) is 5.41 Å². The number of carbonyl (C=O) groups excluding carboxylic acids is 2. The number of halogens is 6. The van der Waals surface area contributed by atoms with Crippen molar-refractivity contribution in [3.8, 4) is 17.6 Å². The molecule has 1 N–H and O–H groups in total. The van der Waals surface area contributed by atoms with Crippen LogP contribution in [0.1, 0.15) is 98.6 Å². The number of rotatable bonds is 13. The zero-order valence-corrected chi connectivity index (χ0v) is 32.5. The van der Waals surface area contributed by atoms with Gasteiger partial charge in [-0.05, 0) is 70.6 Å². The number of piperidine rings is 2. The number of carbonyl (C=O) groups is 3. The summed E-state index contributed by atoms with van der Waals surface area (Å²) >= 11 is 0.361. The fourth-order valence-electron chi connectivity index (χ4n) is 7.67. The first-order valence-corrected chi connectivity index (χ1v) is 19.5. The van der Waals surface area contributed by atoms with Crippen molar-refractivity contribution in [1.29, 1.82) is 5.26 Å². The molecule has 3 aromatic rings. The van der Waals surface area contributed by atoms with E-state index in [-0.39, 0.29) is 64.1 Å². The van der Waals surface area contributed by atoms with Crippen LogP contribution in [0.3, 0.4) is 0 Å². The Morgan fingerprint density at radius 1 is 1.02 bits per heavy atom. The molecule has 10 nitrogen and oxygen atoms in total. The maximum atomic E-state index is 15.0. The van der Waals surface area contributed by atoms with Gasteiger partial charge in [-0.25, -0.2) is 0 Å². The van der Waals surface area contributed by atoms with Crippen molar-refractivity contribution in [2.45, 2.75) is 102 Å². The zero-order chi connectivity index (χ0) is 41.8. The number of carboxylic acids is 1. The van der Waals surface area contributed by atoms with E-state index in [1.54, 1.807) is 45.0 Å². The number of ether oxygens (including phenoxy) is 2. The summed E-state index contributed by atoms with van der Waals surface area (Å²) in [5.74, 6) is -2.52. The second-order valence-electron chi connectivity index (χ2n) is 15.1. The minimum absolute atomic E-state index is 0.00132. The standard InChI is InChI=1S/C40H44F6N4O6S/c1-4-10-30-38(56-26-23-31(57-24-26)40(44,45)46,15-8-19-50(30)33(51)32-28(39(41,42)43)12-7-18-48-32)34(52)49-20-16-37(25-47,17-21-49)27-11-5-6-13-29(27)55-22-9-14-36(2,3)35(53)54/h5-7,11-13,18,23-24,30H,4,8-10,14-17,19-22H2,1-3H3,(H,53,54)/t30-,38+/m1/s1. The molecule has 2 aliphatic heterocycles. The van der Waals surface area contributed by atoms with Gasteiger partial charge in [0.25, 0.3) is 11.8 Å². The zero-order valence-electron chi connectivity index (χ0n) is 31.7. The molecule has 5 rings (SSSR count). The number of amides is 2. The lowest BCUT2D eigenvalue weighted by molar-refractivity contribution is -0.160. The third kappa shape index (κ3) is 9.16. The first-order chi connectivity index (χ1) is 26.8. The number of hydrogen-bond donors (Lipinski definition) is 1.